The zero-order valence-electron chi connectivity index (χ0n) is 12.0. The molecule has 0 amide bonds. The first-order valence-electron chi connectivity index (χ1n) is 6.91. The van der Waals surface area contributed by atoms with Crippen LogP contribution < -0.4 is 4.74 Å². The van der Waals surface area contributed by atoms with E-state index in [0.29, 0.717) is 28.4 Å². The summed E-state index contributed by atoms with van der Waals surface area (Å²) in [7, 11) is 0. The molecule has 7 heteroatoms. The van der Waals surface area contributed by atoms with Crippen molar-refractivity contribution in [1.29, 1.82) is 0 Å². The molecule has 0 atom stereocenters. The van der Waals surface area contributed by atoms with Crippen molar-refractivity contribution in [2.24, 2.45) is 0 Å². The number of aromatic amines is 1. The second-order valence-corrected chi connectivity index (χ2v) is 6.10. The zero-order valence-corrected chi connectivity index (χ0v) is 13.6. The Kier molecular flexibility index (Phi) is 5.15. The van der Waals surface area contributed by atoms with Crippen molar-refractivity contribution in [3.8, 4) is 17.1 Å². The smallest absolute Gasteiger partial charge is 0.208 e. The topological polar surface area (TPSA) is 50.8 Å². The highest BCUT2D eigenvalue weighted by atomic mass is 35.5. The van der Waals surface area contributed by atoms with E-state index in [1.807, 2.05) is 12.1 Å². The molecule has 3 rings (SSSR count). The number of thioether (sulfide) groups is 1. The Morgan fingerprint density at radius 3 is 2.70 bits per heavy atom. The van der Waals surface area contributed by atoms with E-state index in [9.17, 15) is 4.39 Å². The van der Waals surface area contributed by atoms with E-state index in [2.05, 4.69) is 15.2 Å². The van der Waals surface area contributed by atoms with E-state index in [4.69, 9.17) is 16.3 Å². The molecule has 0 radical (unpaired) electrons. The van der Waals surface area contributed by atoms with Gasteiger partial charge in [0.2, 0.25) is 5.16 Å². The van der Waals surface area contributed by atoms with Crippen molar-refractivity contribution in [3.05, 3.63) is 59.4 Å². The molecule has 0 aliphatic carbocycles. The van der Waals surface area contributed by atoms with E-state index in [-0.39, 0.29) is 11.6 Å². The Morgan fingerprint density at radius 2 is 1.91 bits per heavy atom. The van der Waals surface area contributed by atoms with Crippen LogP contribution in [0.3, 0.4) is 0 Å². The lowest BCUT2D eigenvalue weighted by Crippen LogP contribution is -2.01. The van der Waals surface area contributed by atoms with E-state index in [1.165, 1.54) is 17.8 Å². The highest BCUT2D eigenvalue weighted by Crippen LogP contribution is 2.21. The van der Waals surface area contributed by atoms with Gasteiger partial charge >= 0.3 is 0 Å². The molecule has 4 nitrogen and oxygen atoms in total. The maximum absolute atomic E-state index is 13.4. The molecule has 0 aliphatic heterocycles. The van der Waals surface area contributed by atoms with Crippen LogP contribution in [-0.2, 0) is 0 Å². The van der Waals surface area contributed by atoms with Gasteiger partial charge in [-0.2, -0.15) is 0 Å². The minimum atomic E-state index is -0.361. The zero-order chi connectivity index (χ0) is 16.1. The summed E-state index contributed by atoms with van der Waals surface area (Å²) in [5.74, 6) is 1.19. The number of hydrogen-bond donors (Lipinski definition) is 1. The molecular weight excluding hydrogens is 337 g/mol. The SMILES string of the molecule is Fc1ccccc1OCCSc1n[nH]c(-c2ccc(Cl)cc2)n1. The summed E-state index contributed by atoms with van der Waals surface area (Å²) in [6.45, 7) is 0.371. The second kappa shape index (κ2) is 7.48. The third-order valence-electron chi connectivity index (χ3n) is 2.99. The minimum absolute atomic E-state index is 0.255. The number of benzene rings is 2. The Hall–Kier alpha value is -2.05. The van der Waals surface area contributed by atoms with Crippen molar-refractivity contribution >= 4 is 23.4 Å². The molecule has 0 saturated carbocycles. The largest absolute Gasteiger partial charge is 0.490 e. The predicted octanol–water partition coefficient (Wildman–Crippen LogP) is 4.44. The highest BCUT2D eigenvalue weighted by molar-refractivity contribution is 7.99. The first kappa shape index (κ1) is 15.8. The fourth-order valence-electron chi connectivity index (χ4n) is 1.89. The van der Waals surface area contributed by atoms with E-state index < -0.39 is 0 Å². The van der Waals surface area contributed by atoms with Crippen molar-refractivity contribution < 1.29 is 9.13 Å². The lowest BCUT2D eigenvalue weighted by atomic mass is 10.2. The maximum atomic E-state index is 13.4. The van der Waals surface area contributed by atoms with Crippen LogP contribution in [0.1, 0.15) is 0 Å². The molecular formula is C16H13ClFN3OS. The minimum Gasteiger partial charge on any atom is -0.490 e. The van der Waals surface area contributed by atoms with Crippen LogP contribution in [0.2, 0.25) is 5.02 Å². The molecule has 1 aromatic heterocycles. The number of nitrogens with one attached hydrogen (secondary N) is 1. The van der Waals surface area contributed by atoms with Gasteiger partial charge in [0.15, 0.2) is 17.4 Å². The lowest BCUT2D eigenvalue weighted by molar-refractivity contribution is 0.325. The van der Waals surface area contributed by atoms with Crippen molar-refractivity contribution in [3.63, 3.8) is 0 Å². The third kappa shape index (κ3) is 4.24. The average molecular weight is 350 g/mol. The summed E-state index contributed by atoms with van der Waals surface area (Å²) < 4.78 is 18.8. The molecule has 3 aromatic rings. The van der Waals surface area contributed by atoms with Gasteiger partial charge in [-0.15, -0.1) is 5.10 Å². The number of ether oxygens (including phenoxy) is 1. The van der Waals surface area contributed by atoms with Crippen LogP contribution in [0, 0.1) is 5.82 Å². The molecule has 0 spiro atoms. The van der Waals surface area contributed by atoms with Crippen LogP contribution in [0.15, 0.2) is 53.7 Å². The lowest BCUT2D eigenvalue weighted by Gasteiger charge is -2.05. The number of aromatic nitrogens is 3. The van der Waals surface area contributed by atoms with Crippen LogP contribution in [0.4, 0.5) is 4.39 Å². The number of H-pyrrole nitrogens is 1. The van der Waals surface area contributed by atoms with Crippen LogP contribution in [-0.4, -0.2) is 27.5 Å². The summed E-state index contributed by atoms with van der Waals surface area (Å²) in [5, 5.41) is 8.32. The van der Waals surface area contributed by atoms with Crippen molar-refractivity contribution in [1.82, 2.24) is 15.2 Å². The average Bonchev–Trinajstić information content (AvgIpc) is 3.03. The summed E-state index contributed by atoms with van der Waals surface area (Å²) in [4.78, 5) is 4.40. The predicted molar refractivity (Wildman–Crippen MR) is 89.4 cm³/mol. The van der Waals surface area contributed by atoms with Gasteiger partial charge in [0, 0.05) is 16.3 Å². The van der Waals surface area contributed by atoms with Gasteiger partial charge in [-0.25, -0.2) is 9.37 Å². The van der Waals surface area contributed by atoms with Crippen molar-refractivity contribution in [2.75, 3.05) is 12.4 Å². The van der Waals surface area contributed by atoms with Crippen LogP contribution in [0.5, 0.6) is 5.75 Å². The molecule has 0 aliphatic rings. The summed E-state index contributed by atoms with van der Waals surface area (Å²) in [6, 6.07) is 13.7. The van der Waals surface area contributed by atoms with Crippen LogP contribution >= 0.6 is 23.4 Å². The normalized spacial score (nSPS) is 10.7. The molecule has 0 unspecified atom stereocenters. The fourth-order valence-corrected chi connectivity index (χ4v) is 2.64. The highest BCUT2D eigenvalue weighted by Gasteiger charge is 2.07. The Morgan fingerprint density at radius 1 is 1.13 bits per heavy atom. The summed E-state index contributed by atoms with van der Waals surface area (Å²) >= 11 is 7.30. The van der Waals surface area contributed by atoms with E-state index in [0.717, 1.165) is 5.56 Å². The van der Waals surface area contributed by atoms with Gasteiger partial charge in [-0.3, -0.25) is 5.10 Å². The van der Waals surface area contributed by atoms with E-state index >= 15 is 0 Å². The Bertz CT molecular complexity index is 779. The maximum Gasteiger partial charge on any atom is 0.208 e. The molecule has 0 saturated heterocycles. The standard InChI is InChI=1S/C16H13ClFN3OS/c17-12-7-5-11(6-8-12)15-19-16(21-20-15)23-10-9-22-14-4-2-1-3-13(14)18/h1-8H,9-10H2,(H,19,20,21). The first-order valence-corrected chi connectivity index (χ1v) is 8.27. The molecule has 23 heavy (non-hydrogen) atoms. The van der Waals surface area contributed by atoms with Gasteiger partial charge in [0.05, 0.1) is 6.61 Å². The van der Waals surface area contributed by atoms with Crippen LogP contribution in [0.25, 0.3) is 11.4 Å². The number of halogens is 2. The molecule has 0 fully saturated rings. The third-order valence-corrected chi connectivity index (χ3v) is 4.05. The number of nitrogens with zero attached hydrogens (tertiary/aromatic N) is 2. The van der Waals surface area contributed by atoms with Gasteiger partial charge in [-0.05, 0) is 36.4 Å². The molecule has 2 aromatic carbocycles. The summed E-state index contributed by atoms with van der Waals surface area (Å²) in [5.41, 5.74) is 0.913. The first-order chi connectivity index (χ1) is 11.2. The summed E-state index contributed by atoms with van der Waals surface area (Å²) in [6.07, 6.45) is 0. The number of hydrogen-bond acceptors (Lipinski definition) is 4. The Labute approximate surface area is 142 Å². The molecule has 118 valence electrons. The van der Waals surface area contributed by atoms with Gasteiger partial charge < -0.3 is 4.74 Å². The molecule has 0 bridgehead atoms. The number of para-hydroxylation sites is 1. The van der Waals surface area contributed by atoms with Gasteiger partial charge in [0.1, 0.15) is 0 Å². The van der Waals surface area contributed by atoms with E-state index in [1.54, 1.807) is 30.3 Å². The Balaban J connectivity index is 1.52. The monoisotopic (exact) mass is 349 g/mol. The quantitative estimate of drug-likeness (QED) is 0.528. The number of rotatable bonds is 6. The van der Waals surface area contributed by atoms with Gasteiger partial charge in [-0.1, -0.05) is 35.5 Å². The fraction of sp³-hybridized carbons (Fsp3) is 0.125. The van der Waals surface area contributed by atoms with Gasteiger partial charge in [0.25, 0.3) is 0 Å². The van der Waals surface area contributed by atoms with Crippen molar-refractivity contribution in [2.45, 2.75) is 5.16 Å². The molecule has 1 N–H and O–H groups in total. The molecule has 1 heterocycles. The second-order valence-electron chi connectivity index (χ2n) is 4.60.